The van der Waals surface area contributed by atoms with Crippen LogP contribution in [0.1, 0.15) is 41.5 Å². The van der Waals surface area contributed by atoms with Gasteiger partial charge in [-0.1, -0.05) is 0 Å². The molecule has 0 N–H and O–H groups in total. The molecule has 0 saturated carbocycles. The number of aryl methyl sites for hydroxylation is 1. The second-order valence-corrected chi connectivity index (χ2v) is 5.80. The number of hydrogen-bond acceptors (Lipinski definition) is 4. The van der Waals surface area contributed by atoms with E-state index in [9.17, 15) is 0 Å². The van der Waals surface area contributed by atoms with Gasteiger partial charge >= 0.3 is 0 Å². The van der Waals surface area contributed by atoms with Crippen LogP contribution in [-0.2, 0) is 13.0 Å². The maximum Gasteiger partial charge on any atom is 0.125 e. The molecule has 2 aliphatic heterocycles. The summed E-state index contributed by atoms with van der Waals surface area (Å²) in [6.07, 6.45) is 9.37. The van der Waals surface area contributed by atoms with Gasteiger partial charge in [0.2, 0.25) is 0 Å². The summed E-state index contributed by atoms with van der Waals surface area (Å²) in [6.45, 7) is 2.98. The molecule has 4 heteroatoms. The standard InChI is InChI=1S/C16H18N4/c1-11-18-9-14-15(19-11)8-13-2-3-16(14)20(13)10-12-4-6-17-7-5-12/h4-7,9,13,16H,2-3,8,10H2,1H3. The molecule has 2 aromatic rings. The third-order valence-corrected chi connectivity index (χ3v) is 4.57. The van der Waals surface area contributed by atoms with Crippen molar-refractivity contribution in [3.63, 3.8) is 0 Å². The quantitative estimate of drug-likeness (QED) is 0.837. The molecule has 102 valence electrons. The predicted molar refractivity (Wildman–Crippen MR) is 76.0 cm³/mol. The van der Waals surface area contributed by atoms with E-state index in [-0.39, 0.29) is 0 Å². The van der Waals surface area contributed by atoms with Crippen LogP contribution in [0.25, 0.3) is 0 Å². The first kappa shape index (κ1) is 12.0. The fourth-order valence-corrected chi connectivity index (χ4v) is 3.62. The first-order valence-electron chi connectivity index (χ1n) is 7.28. The summed E-state index contributed by atoms with van der Waals surface area (Å²) in [5, 5.41) is 0. The van der Waals surface area contributed by atoms with Gasteiger partial charge in [-0.15, -0.1) is 0 Å². The van der Waals surface area contributed by atoms with Gasteiger partial charge in [-0.25, -0.2) is 9.97 Å². The minimum atomic E-state index is 0.498. The van der Waals surface area contributed by atoms with Gasteiger partial charge in [0.05, 0.1) is 5.69 Å². The summed E-state index contributed by atoms with van der Waals surface area (Å²) < 4.78 is 0. The van der Waals surface area contributed by atoms with Gasteiger partial charge in [0.1, 0.15) is 5.82 Å². The molecule has 1 saturated heterocycles. The van der Waals surface area contributed by atoms with E-state index in [1.807, 2.05) is 25.5 Å². The van der Waals surface area contributed by atoms with Gasteiger partial charge in [0, 0.05) is 49.2 Å². The van der Waals surface area contributed by atoms with Crippen LogP contribution in [0.15, 0.2) is 30.7 Å². The summed E-state index contributed by atoms with van der Waals surface area (Å²) in [6, 6.07) is 5.36. The topological polar surface area (TPSA) is 41.9 Å². The lowest BCUT2D eigenvalue weighted by molar-refractivity contribution is 0.166. The van der Waals surface area contributed by atoms with Crippen LogP contribution in [0.2, 0.25) is 0 Å². The number of hydrogen-bond donors (Lipinski definition) is 0. The highest BCUT2D eigenvalue weighted by Gasteiger charge is 2.40. The first-order valence-corrected chi connectivity index (χ1v) is 7.28. The molecular weight excluding hydrogens is 248 g/mol. The van der Waals surface area contributed by atoms with E-state index >= 15 is 0 Å². The Balaban J connectivity index is 1.66. The van der Waals surface area contributed by atoms with Crippen molar-refractivity contribution in [3.05, 3.63) is 53.4 Å². The lowest BCUT2D eigenvalue weighted by Crippen LogP contribution is -2.37. The van der Waals surface area contributed by atoms with Crippen molar-refractivity contribution in [2.45, 2.75) is 44.8 Å². The molecule has 0 spiro atoms. The number of aromatic nitrogens is 3. The van der Waals surface area contributed by atoms with Crippen LogP contribution in [0.4, 0.5) is 0 Å². The third kappa shape index (κ3) is 1.91. The van der Waals surface area contributed by atoms with E-state index in [4.69, 9.17) is 0 Å². The van der Waals surface area contributed by atoms with Gasteiger partial charge < -0.3 is 0 Å². The highest BCUT2D eigenvalue weighted by atomic mass is 15.2. The Morgan fingerprint density at radius 1 is 1.25 bits per heavy atom. The molecule has 20 heavy (non-hydrogen) atoms. The Hall–Kier alpha value is -1.81. The van der Waals surface area contributed by atoms with Gasteiger partial charge in [0.25, 0.3) is 0 Å². The van der Waals surface area contributed by atoms with E-state index in [2.05, 4.69) is 32.0 Å². The maximum absolute atomic E-state index is 4.65. The van der Waals surface area contributed by atoms with E-state index < -0.39 is 0 Å². The molecule has 0 amide bonds. The molecule has 4 rings (SSSR count). The fraction of sp³-hybridized carbons (Fsp3) is 0.438. The van der Waals surface area contributed by atoms with E-state index in [1.54, 1.807) is 0 Å². The molecule has 0 radical (unpaired) electrons. The number of nitrogens with zero attached hydrogens (tertiary/aromatic N) is 4. The second-order valence-electron chi connectivity index (χ2n) is 5.80. The molecule has 4 heterocycles. The normalized spacial score (nSPS) is 24.6. The molecule has 2 atom stereocenters. The number of pyridine rings is 1. The molecule has 2 bridgehead atoms. The van der Waals surface area contributed by atoms with Gasteiger partial charge in [-0.3, -0.25) is 9.88 Å². The molecular formula is C16H18N4. The van der Waals surface area contributed by atoms with Crippen LogP contribution >= 0.6 is 0 Å². The summed E-state index contributed by atoms with van der Waals surface area (Å²) in [5.74, 6) is 0.894. The minimum absolute atomic E-state index is 0.498. The zero-order chi connectivity index (χ0) is 13.5. The average molecular weight is 266 g/mol. The lowest BCUT2D eigenvalue weighted by atomic mass is 9.98. The Labute approximate surface area is 118 Å². The monoisotopic (exact) mass is 266 g/mol. The van der Waals surface area contributed by atoms with Crippen molar-refractivity contribution in [3.8, 4) is 0 Å². The Morgan fingerprint density at radius 2 is 2.10 bits per heavy atom. The lowest BCUT2D eigenvalue weighted by Gasteiger charge is -2.35. The average Bonchev–Trinajstić information content (AvgIpc) is 2.74. The molecule has 1 fully saturated rings. The molecule has 2 aromatic heterocycles. The zero-order valence-electron chi connectivity index (χ0n) is 11.7. The Bertz CT molecular complexity index is 626. The molecule has 2 unspecified atom stereocenters. The van der Waals surface area contributed by atoms with Crippen molar-refractivity contribution in [1.29, 1.82) is 0 Å². The van der Waals surface area contributed by atoms with Crippen molar-refractivity contribution in [1.82, 2.24) is 19.9 Å². The van der Waals surface area contributed by atoms with Gasteiger partial charge in [0.15, 0.2) is 0 Å². The van der Waals surface area contributed by atoms with Crippen LogP contribution in [0.5, 0.6) is 0 Å². The summed E-state index contributed by atoms with van der Waals surface area (Å²) in [7, 11) is 0. The zero-order valence-corrected chi connectivity index (χ0v) is 11.7. The summed E-state index contributed by atoms with van der Waals surface area (Å²) >= 11 is 0. The van der Waals surface area contributed by atoms with Crippen molar-refractivity contribution in [2.24, 2.45) is 0 Å². The van der Waals surface area contributed by atoms with E-state index in [0.29, 0.717) is 12.1 Å². The highest BCUT2D eigenvalue weighted by Crippen LogP contribution is 2.43. The number of fused-ring (bicyclic) bond motifs is 4. The predicted octanol–water partition coefficient (Wildman–Crippen LogP) is 2.44. The van der Waals surface area contributed by atoms with Crippen molar-refractivity contribution < 1.29 is 0 Å². The van der Waals surface area contributed by atoms with Crippen molar-refractivity contribution in [2.75, 3.05) is 0 Å². The van der Waals surface area contributed by atoms with Crippen molar-refractivity contribution >= 4 is 0 Å². The smallest absolute Gasteiger partial charge is 0.125 e. The largest absolute Gasteiger partial charge is 0.289 e. The summed E-state index contributed by atoms with van der Waals surface area (Å²) in [4.78, 5) is 15.8. The maximum atomic E-state index is 4.65. The van der Waals surface area contributed by atoms with Gasteiger partial charge in [-0.2, -0.15) is 0 Å². The van der Waals surface area contributed by atoms with E-state index in [1.165, 1.54) is 29.7 Å². The fourth-order valence-electron chi connectivity index (χ4n) is 3.62. The van der Waals surface area contributed by atoms with Crippen LogP contribution < -0.4 is 0 Å². The molecule has 2 aliphatic rings. The molecule has 0 aliphatic carbocycles. The SMILES string of the molecule is Cc1ncc2c(n1)CC1CCC2N1Cc1ccncc1. The van der Waals surface area contributed by atoms with Crippen LogP contribution in [0.3, 0.4) is 0 Å². The Morgan fingerprint density at radius 3 is 2.95 bits per heavy atom. The minimum Gasteiger partial charge on any atom is -0.289 e. The second kappa shape index (κ2) is 4.63. The molecule has 4 nitrogen and oxygen atoms in total. The van der Waals surface area contributed by atoms with Gasteiger partial charge in [-0.05, 0) is 37.5 Å². The van der Waals surface area contributed by atoms with Crippen LogP contribution in [-0.4, -0.2) is 25.9 Å². The van der Waals surface area contributed by atoms with Crippen LogP contribution in [0, 0.1) is 6.92 Å². The summed E-state index contributed by atoms with van der Waals surface area (Å²) in [5.41, 5.74) is 3.96. The highest BCUT2D eigenvalue weighted by molar-refractivity contribution is 5.29. The first-order chi connectivity index (χ1) is 9.81. The Kier molecular flexibility index (Phi) is 2.77. The van der Waals surface area contributed by atoms with E-state index in [0.717, 1.165) is 18.8 Å². The number of rotatable bonds is 2. The molecule has 0 aromatic carbocycles. The third-order valence-electron chi connectivity index (χ3n) is 4.57.